The third-order valence-corrected chi connectivity index (χ3v) is 4.53. The highest BCUT2D eigenvalue weighted by molar-refractivity contribution is 5.77. The van der Waals surface area contributed by atoms with Crippen molar-refractivity contribution in [1.82, 2.24) is 5.43 Å². The van der Waals surface area contributed by atoms with Gasteiger partial charge in [-0.05, 0) is 24.5 Å². The molecule has 1 fully saturated rings. The highest BCUT2D eigenvalue weighted by Crippen LogP contribution is 2.32. The Morgan fingerprint density at radius 1 is 1.15 bits per heavy atom. The van der Waals surface area contributed by atoms with Gasteiger partial charge in [0, 0.05) is 5.39 Å². The van der Waals surface area contributed by atoms with E-state index in [1.165, 1.54) is 38.5 Å². The average molecular weight is 272 g/mol. The van der Waals surface area contributed by atoms with E-state index in [0.29, 0.717) is 0 Å². The van der Waals surface area contributed by atoms with E-state index in [-0.39, 0.29) is 6.04 Å². The van der Waals surface area contributed by atoms with Gasteiger partial charge in [-0.1, -0.05) is 56.7 Å². The van der Waals surface area contributed by atoms with Gasteiger partial charge in [-0.2, -0.15) is 0 Å². The minimum atomic E-state index is 0.130. The summed E-state index contributed by atoms with van der Waals surface area (Å²) in [6.45, 7) is 0. The molecule has 20 heavy (non-hydrogen) atoms. The third kappa shape index (κ3) is 3.05. The van der Waals surface area contributed by atoms with Crippen molar-refractivity contribution in [1.29, 1.82) is 0 Å². The molecule has 3 heteroatoms. The second kappa shape index (κ2) is 6.42. The van der Waals surface area contributed by atoms with E-state index in [2.05, 4.69) is 17.6 Å². The van der Waals surface area contributed by atoms with Gasteiger partial charge >= 0.3 is 0 Å². The van der Waals surface area contributed by atoms with Crippen molar-refractivity contribution < 1.29 is 4.42 Å². The summed E-state index contributed by atoms with van der Waals surface area (Å²) in [5.74, 6) is 7.51. The maximum atomic E-state index is 5.95. The molecule has 0 bridgehead atoms. The molecular weight excluding hydrogens is 248 g/mol. The molecule has 1 aromatic heterocycles. The average Bonchev–Trinajstić information content (AvgIpc) is 2.74. The monoisotopic (exact) mass is 272 g/mol. The second-order valence-electron chi connectivity index (χ2n) is 6.00. The van der Waals surface area contributed by atoms with E-state index in [1.54, 1.807) is 0 Å². The zero-order valence-corrected chi connectivity index (χ0v) is 12.0. The molecule has 1 unspecified atom stereocenters. The molecule has 1 aliphatic carbocycles. The fourth-order valence-electron chi connectivity index (χ4n) is 3.37. The number of hydrogen-bond acceptors (Lipinski definition) is 3. The van der Waals surface area contributed by atoms with E-state index in [9.17, 15) is 0 Å². The second-order valence-corrected chi connectivity index (χ2v) is 6.00. The lowest BCUT2D eigenvalue weighted by atomic mass is 9.92. The normalized spacial score (nSPS) is 19.1. The molecule has 3 N–H and O–H groups in total. The van der Waals surface area contributed by atoms with Crippen LogP contribution < -0.4 is 11.3 Å². The number of hydrogen-bond donors (Lipinski definition) is 2. The third-order valence-electron chi connectivity index (χ3n) is 4.53. The number of hydrazine groups is 1. The summed E-state index contributed by atoms with van der Waals surface area (Å²) in [5.41, 5.74) is 3.90. The first kappa shape index (κ1) is 13.7. The fourth-order valence-corrected chi connectivity index (χ4v) is 3.37. The Morgan fingerprint density at radius 3 is 2.60 bits per heavy atom. The summed E-state index contributed by atoms with van der Waals surface area (Å²) < 4.78 is 5.95. The summed E-state index contributed by atoms with van der Waals surface area (Å²) in [5, 5.41) is 1.16. The van der Waals surface area contributed by atoms with Gasteiger partial charge in [-0.15, -0.1) is 0 Å². The first-order chi connectivity index (χ1) is 9.86. The molecule has 0 aliphatic heterocycles. The molecule has 1 aromatic carbocycles. The van der Waals surface area contributed by atoms with E-state index >= 15 is 0 Å². The molecule has 108 valence electrons. The Bertz CT molecular complexity index is 508. The zero-order valence-electron chi connectivity index (χ0n) is 12.0. The molecule has 0 amide bonds. The van der Waals surface area contributed by atoms with Crippen LogP contribution in [-0.2, 0) is 0 Å². The van der Waals surface area contributed by atoms with Crippen LogP contribution in [0.5, 0.6) is 0 Å². The number of nitrogens with two attached hydrogens (primary N) is 1. The standard InChI is InChI=1S/C17H24N2O/c18-19-15(11-13-7-3-1-2-4-8-13)17-12-14-9-5-6-10-16(14)20-17/h5-6,9-10,12-13,15,19H,1-4,7-8,11,18H2. The predicted molar refractivity (Wildman–Crippen MR) is 82.1 cm³/mol. The summed E-state index contributed by atoms with van der Waals surface area (Å²) >= 11 is 0. The lowest BCUT2D eigenvalue weighted by Crippen LogP contribution is -2.29. The van der Waals surface area contributed by atoms with Gasteiger partial charge < -0.3 is 4.42 Å². The minimum Gasteiger partial charge on any atom is -0.459 e. The van der Waals surface area contributed by atoms with Crippen LogP contribution in [0.1, 0.15) is 56.7 Å². The lowest BCUT2D eigenvalue weighted by Gasteiger charge is -2.20. The van der Waals surface area contributed by atoms with Crippen LogP contribution in [0, 0.1) is 5.92 Å². The summed E-state index contributed by atoms with van der Waals surface area (Å²) in [6.07, 6.45) is 9.25. The fraction of sp³-hybridized carbons (Fsp3) is 0.529. The Balaban J connectivity index is 1.74. The van der Waals surface area contributed by atoms with Gasteiger partial charge in [0.1, 0.15) is 11.3 Å². The molecule has 3 rings (SSSR count). The van der Waals surface area contributed by atoms with Crippen molar-refractivity contribution in [2.24, 2.45) is 11.8 Å². The SMILES string of the molecule is NNC(CC1CCCCCC1)c1cc2ccccc2o1. The van der Waals surface area contributed by atoms with Crippen molar-refractivity contribution in [3.63, 3.8) is 0 Å². The number of nitrogens with one attached hydrogen (secondary N) is 1. The highest BCUT2D eigenvalue weighted by atomic mass is 16.3. The highest BCUT2D eigenvalue weighted by Gasteiger charge is 2.21. The lowest BCUT2D eigenvalue weighted by molar-refractivity contribution is 0.327. The van der Waals surface area contributed by atoms with Gasteiger partial charge in [0.15, 0.2) is 0 Å². The number of fused-ring (bicyclic) bond motifs is 1. The van der Waals surface area contributed by atoms with Crippen LogP contribution in [-0.4, -0.2) is 0 Å². The molecular formula is C17H24N2O. The van der Waals surface area contributed by atoms with E-state index in [4.69, 9.17) is 10.3 Å². The minimum absolute atomic E-state index is 0.130. The largest absolute Gasteiger partial charge is 0.459 e. The van der Waals surface area contributed by atoms with Crippen LogP contribution >= 0.6 is 0 Å². The van der Waals surface area contributed by atoms with Gasteiger partial charge in [0.05, 0.1) is 6.04 Å². The van der Waals surface area contributed by atoms with Gasteiger partial charge in [0.2, 0.25) is 0 Å². The van der Waals surface area contributed by atoms with Crippen molar-refractivity contribution in [3.8, 4) is 0 Å². The number of para-hydroxylation sites is 1. The van der Waals surface area contributed by atoms with Crippen molar-refractivity contribution >= 4 is 11.0 Å². The maximum absolute atomic E-state index is 5.95. The number of benzene rings is 1. The quantitative estimate of drug-likeness (QED) is 0.495. The van der Waals surface area contributed by atoms with Gasteiger partial charge in [-0.25, -0.2) is 5.43 Å². The van der Waals surface area contributed by atoms with Crippen LogP contribution in [0.15, 0.2) is 34.7 Å². The molecule has 1 aliphatic rings. The van der Waals surface area contributed by atoms with E-state index < -0.39 is 0 Å². The molecule has 3 nitrogen and oxygen atoms in total. The molecule has 1 atom stereocenters. The van der Waals surface area contributed by atoms with Gasteiger partial charge in [0.25, 0.3) is 0 Å². The summed E-state index contributed by atoms with van der Waals surface area (Å²) in [6, 6.07) is 10.4. The molecule has 0 spiro atoms. The first-order valence-corrected chi connectivity index (χ1v) is 7.81. The Labute approximate surface area is 120 Å². The summed E-state index contributed by atoms with van der Waals surface area (Å²) in [4.78, 5) is 0. The number of furan rings is 1. The smallest absolute Gasteiger partial charge is 0.134 e. The maximum Gasteiger partial charge on any atom is 0.134 e. The first-order valence-electron chi connectivity index (χ1n) is 7.81. The number of rotatable bonds is 4. The molecule has 1 saturated carbocycles. The molecule has 0 radical (unpaired) electrons. The van der Waals surface area contributed by atoms with Crippen LogP contribution in [0.3, 0.4) is 0 Å². The molecule has 1 heterocycles. The van der Waals surface area contributed by atoms with Crippen molar-refractivity contribution in [2.45, 2.75) is 51.0 Å². The molecule has 2 aromatic rings. The van der Waals surface area contributed by atoms with Crippen LogP contribution in [0.25, 0.3) is 11.0 Å². The zero-order chi connectivity index (χ0) is 13.8. The van der Waals surface area contributed by atoms with Crippen molar-refractivity contribution in [2.75, 3.05) is 0 Å². The van der Waals surface area contributed by atoms with E-state index in [1.807, 2.05) is 18.2 Å². The van der Waals surface area contributed by atoms with Crippen LogP contribution in [0.4, 0.5) is 0 Å². The summed E-state index contributed by atoms with van der Waals surface area (Å²) in [7, 11) is 0. The Hall–Kier alpha value is -1.32. The van der Waals surface area contributed by atoms with E-state index in [0.717, 1.165) is 29.1 Å². The molecule has 0 saturated heterocycles. The van der Waals surface area contributed by atoms with Gasteiger partial charge in [-0.3, -0.25) is 5.84 Å². The topological polar surface area (TPSA) is 51.2 Å². The van der Waals surface area contributed by atoms with Crippen LogP contribution in [0.2, 0.25) is 0 Å². The predicted octanol–water partition coefficient (Wildman–Crippen LogP) is 4.30. The van der Waals surface area contributed by atoms with Crippen molar-refractivity contribution in [3.05, 3.63) is 36.1 Å². The Kier molecular flexibility index (Phi) is 4.38. The Morgan fingerprint density at radius 2 is 1.90 bits per heavy atom.